The number of hydrogen-bond donors (Lipinski definition) is 0. The van der Waals surface area contributed by atoms with E-state index in [1.807, 2.05) is 0 Å². The Balaban J connectivity index is 0. The van der Waals surface area contributed by atoms with Crippen molar-refractivity contribution < 1.29 is 45.0 Å². The summed E-state index contributed by atoms with van der Waals surface area (Å²) in [6.07, 6.45) is -3.43. The van der Waals surface area contributed by atoms with Gasteiger partial charge in [0.1, 0.15) is 6.33 Å². The average molecular weight is 196 g/mol. The maximum Gasteiger partial charge on any atom is 1.00 e. The monoisotopic (exact) mass is 196 g/mol. The fourth-order valence-corrected chi connectivity index (χ4v) is 0.845. The zero-order valence-electron chi connectivity index (χ0n) is 6.13. The van der Waals surface area contributed by atoms with Crippen LogP contribution in [0.15, 0.2) is 12.2 Å². The number of halogens is 3. The quantitative estimate of drug-likeness (QED) is 0.375. The molecule has 0 spiro atoms. The first-order valence-electron chi connectivity index (χ1n) is 2.40. The number of hydrogen-bond acceptors (Lipinski definition) is 3. The molecule has 0 amide bonds. The number of alkyl halides is 1. The molecule has 0 aromatic carbocycles. The van der Waals surface area contributed by atoms with Crippen molar-refractivity contribution in [3.8, 4) is 0 Å². The van der Waals surface area contributed by atoms with Crippen LogP contribution in [0.3, 0.4) is 0 Å². The van der Waals surface area contributed by atoms with Gasteiger partial charge >= 0.3 is 18.9 Å². The van der Waals surface area contributed by atoms with Crippen LogP contribution in [0.5, 0.6) is 0 Å². The molecule has 66 valence electrons. The summed E-state index contributed by atoms with van der Waals surface area (Å²) < 4.78 is 64.2. The van der Waals surface area contributed by atoms with Gasteiger partial charge in [-0.3, -0.25) is 0 Å². The topological polar surface area (TPSA) is 57.2 Å². The fraction of sp³-hybridized carbons (Fsp3) is 0.500. The third-order valence-corrected chi connectivity index (χ3v) is 1.45. The van der Waals surface area contributed by atoms with Crippen molar-refractivity contribution in [1.82, 2.24) is 0 Å². The van der Waals surface area contributed by atoms with E-state index in [2.05, 4.69) is 0 Å². The molecule has 0 saturated carbocycles. The van der Waals surface area contributed by atoms with Gasteiger partial charge in [0.2, 0.25) is 0 Å². The minimum absolute atomic E-state index is 0. The van der Waals surface area contributed by atoms with Crippen molar-refractivity contribution in [3.05, 3.63) is 12.2 Å². The van der Waals surface area contributed by atoms with Crippen LogP contribution >= 0.6 is 0 Å². The van der Waals surface area contributed by atoms with E-state index in [-0.39, 0.29) is 18.9 Å². The Hall–Kier alpha value is 0.0374. The van der Waals surface area contributed by atoms with Crippen LogP contribution in [0.1, 0.15) is 0 Å². The second kappa shape index (κ2) is 5.64. The SMILES string of the molecule is O=S(=O)([O-])CC(F)C(F)=CF.[Li+]. The Kier molecular flexibility index (Phi) is 6.85. The Morgan fingerprint density at radius 3 is 2.25 bits per heavy atom. The molecule has 0 aromatic heterocycles. The standard InChI is InChI=1S/C4H5F3O3S.Li/c5-1-3(6)4(7)2-11(8,9)10;/h1,4H,2H2,(H,8,9,10);/q;+1/p-1. The molecule has 0 aliphatic rings. The second-order valence-electron chi connectivity index (χ2n) is 1.69. The van der Waals surface area contributed by atoms with E-state index in [0.717, 1.165) is 0 Å². The second-order valence-corrected chi connectivity index (χ2v) is 3.13. The average Bonchev–Trinajstić information content (AvgIpc) is 1.82. The molecule has 0 N–H and O–H groups in total. The molecule has 0 aromatic rings. The van der Waals surface area contributed by atoms with Crippen molar-refractivity contribution in [2.75, 3.05) is 5.75 Å². The maximum absolute atomic E-state index is 12.0. The molecule has 3 nitrogen and oxygen atoms in total. The van der Waals surface area contributed by atoms with Gasteiger partial charge in [-0.1, -0.05) is 0 Å². The molecule has 0 aliphatic carbocycles. The van der Waals surface area contributed by atoms with Gasteiger partial charge in [0, 0.05) is 0 Å². The zero-order chi connectivity index (χ0) is 9.07. The Morgan fingerprint density at radius 2 is 2.00 bits per heavy atom. The molecule has 8 heteroatoms. The van der Waals surface area contributed by atoms with Crippen LogP contribution in [0, 0.1) is 0 Å². The Bertz CT molecular complexity index is 250. The summed E-state index contributed by atoms with van der Waals surface area (Å²) in [6.45, 7) is 0. The molecule has 0 heterocycles. The van der Waals surface area contributed by atoms with Gasteiger partial charge in [0.05, 0.1) is 15.9 Å². The van der Waals surface area contributed by atoms with Crippen LogP contribution in [0.4, 0.5) is 13.2 Å². The first-order chi connectivity index (χ1) is 4.87. The summed E-state index contributed by atoms with van der Waals surface area (Å²) in [5.74, 6) is -3.48. The van der Waals surface area contributed by atoms with Gasteiger partial charge in [-0.2, -0.15) is 0 Å². The molecule has 0 bridgehead atoms. The van der Waals surface area contributed by atoms with Crippen molar-refractivity contribution in [1.29, 1.82) is 0 Å². The Labute approximate surface area is 79.6 Å². The van der Waals surface area contributed by atoms with Crippen molar-refractivity contribution in [2.45, 2.75) is 6.17 Å². The van der Waals surface area contributed by atoms with Gasteiger partial charge in [-0.15, -0.1) is 0 Å². The molecular weight excluding hydrogens is 192 g/mol. The van der Waals surface area contributed by atoms with Gasteiger partial charge in [-0.05, 0) is 0 Å². The molecule has 0 saturated heterocycles. The molecule has 0 radical (unpaired) electrons. The molecular formula is C4H4F3LiO3S. The molecule has 0 aliphatic heterocycles. The van der Waals surface area contributed by atoms with Crippen LogP contribution in [-0.2, 0) is 10.1 Å². The van der Waals surface area contributed by atoms with Crippen LogP contribution in [0.2, 0.25) is 0 Å². The van der Waals surface area contributed by atoms with Gasteiger partial charge in [0.15, 0.2) is 12.0 Å². The maximum atomic E-state index is 12.0. The van der Waals surface area contributed by atoms with E-state index in [1.54, 1.807) is 0 Å². The third-order valence-electron chi connectivity index (χ3n) is 0.754. The summed E-state index contributed by atoms with van der Waals surface area (Å²) in [4.78, 5) is 0. The predicted octanol–water partition coefficient (Wildman–Crippen LogP) is -2.35. The molecule has 1 atom stereocenters. The normalized spacial score (nSPS) is 15.2. The minimum Gasteiger partial charge on any atom is -0.748 e. The zero-order valence-corrected chi connectivity index (χ0v) is 6.95. The van der Waals surface area contributed by atoms with Crippen LogP contribution in [0.25, 0.3) is 0 Å². The van der Waals surface area contributed by atoms with Crippen LogP contribution in [-0.4, -0.2) is 24.9 Å². The third kappa shape index (κ3) is 6.73. The molecule has 1 unspecified atom stereocenters. The van der Waals surface area contributed by atoms with E-state index < -0.39 is 34.2 Å². The molecule has 12 heavy (non-hydrogen) atoms. The summed E-state index contributed by atoms with van der Waals surface area (Å²) in [7, 11) is -4.85. The number of rotatable bonds is 3. The Morgan fingerprint density at radius 1 is 1.58 bits per heavy atom. The van der Waals surface area contributed by atoms with Gasteiger partial charge in [-0.25, -0.2) is 21.6 Å². The summed E-state index contributed by atoms with van der Waals surface area (Å²) in [5, 5.41) is 0. The number of allylic oxidation sites excluding steroid dienone is 1. The smallest absolute Gasteiger partial charge is 0.748 e. The van der Waals surface area contributed by atoms with Crippen molar-refractivity contribution >= 4 is 10.1 Å². The largest absolute Gasteiger partial charge is 1.00 e. The molecule has 0 rings (SSSR count). The van der Waals surface area contributed by atoms with Crippen molar-refractivity contribution in [2.24, 2.45) is 0 Å². The predicted molar refractivity (Wildman–Crippen MR) is 29.8 cm³/mol. The van der Waals surface area contributed by atoms with E-state index >= 15 is 0 Å². The summed E-state index contributed by atoms with van der Waals surface area (Å²) in [6, 6.07) is 0. The van der Waals surface area contributed by atoms with E-state index in [1.165, 1.54) is 0 Å². The summed E-state index contributed by atoms with van der Waals surface area (Å²) in [5.41, 5.74) is 0. The minimum atomic E-state index is -4.85. The van der Waals surface area contributed by atoms with Crippen LogP contribution < -0.4 is 18.9 Å². The summed E-state index contributed by atoms with van der Waals surface area (Å²) >= 11 is 0. The van der Waals surface area contributed by atoms with Gasteiger partial charge in [0.25, 0.3) is 0 Å². The van der Waals surface area contributed by atoms with Gasteiger partial charge < -0.3 is 4.55 Å². The first-order valence-corrected chi connectivity index (χ1v) is 3.98. The fourth-order valence-electron chi connectivity index (χ4n) is 0.327. The van der Waals surface area contributed by atoms with E-state index in [9.17, 15) is 26.1 Å². The van der Waals surface area contributed by atoms with E-state index in [0.29, 0.717) is 0 Å². The van der Waals surface area contributed by atoms with E-state index in [4.69, 9.17) is 0 Å². The van der Waals surface area contributed by atoms with Crippen molar-refractivity contribution in [3.63, 3.8) is 0 Å². The first kappa shape index (κ1) is 14.6. The molecule has 0 fully saturated rings.